The van der Waals surface area contributed by atoms with Crippen LogP contribution in [0.1, 0.15) is 59.7 Å². The van der Waals surface area contributed by atoms with Crippen LogP contribution >= 0.6 is 0 Å². The zero-order valence-corrected chi connectivity index (χ0v) is 22.4. The maximum absolute atomic E-state index is 13.6. The van der Waals surface area contributed by atoms with E-state index in [0.717, 1.165) is 18.4 Å². The average molecular weight is 522 g/mol. The number of esters is 2. The Balaban J connectivity index is 1.18. The highest BCUT2D eigenvalue weighted by Crippen LogP contribution is 2.87. The Hall–Kier alpha value is -2.92. The molecule has 3 heterocycles. The van der Waals surface area contributed by atoms with Crippen LogP contribution in [0.2, 0.25) is 0 Å². The average Bonchev–Trinajstić information content (AvgIpc) is 3.38. The molecular formula is C34H35NO4. The van der Waals surface area contributed by atoms with Crippen LogP contribution in [-0.2, 0) is 9.47 Å². The first-order valence-electron chi connectivity index (χ1n) is 14.9. The minimum absolute atomic E-state index is 0.0217. The molecule has 2 aromatic carbocycles. The van der Waals surface area contributed by atoms with Gasteiger partial charge < -0.3 is 9.47 Å². The highest BCUT2D eigenvalue weighted by Gasteiger charge is 2.90. The molecule has 5 nitrogen and oxygen atoms in total. The number of rotatable bonds is 4. The van der Waals surface area contributed by atoms with Crippen molar-refractivity contribution in [1.29, 1.82) is 0 Å². The van der Waals surface area contributed by atoms with Gasteiger partial charge in [0.1, 0.15) is 12.2 Å². The van der Waals surface area contributed by atoms with Crippen LogP contribution in [0.5, 0.6) is 0 Å². The third kappa shape index (κ3) is 2.45. The summed E-state index contributed by atoms with van der Waals surface area (Å²) in [6.07, 6.45) is 5.22. The van der Waals surface area contributed by atoms with Crippen molar-refractivity contribution in [3.8, 4) is 0 Å². The van der Waals surface area contributed by atoms with Gasteiger partial charge in [-0.15, -0.1) is 0 Å². The van der Waals surface area contributed by atoms with Crippen molar-refractivity contribution >= 4 is 11.9 Å². The van der Waals surface area contributed by atoms with Crippen LogP contribution < -0.4 is 0 Å². The molecule has 2 spiro atoms. The smallest absolute Gasteiger partial charge is 0.338 e. The summed E-state index contributed by atoms with van der Waals surface area (Å²) in [5.74, 6) is 0.836. The Kier molecular flexibility index (Phi) is 4.23. The number of hydrogen-bond donors (Lipinski definition) is 0. The number of carbonyl (C=O) groups is 2. The zero-order chi connectivity index (χ0) is 26.3. The summed E-state index contributed by atoms with van der Waals surface area (Å²) in [5, 5.41) is 0. The lowest BCUT2D eigenvalue weighted by Gasteiger charge is -2.66. The predicted molar refractivity (Wildman–Crippen MR) is 145 cm³/mol. The molecule has 2 aromatic rings. The Bertz CT molecular complexity index is 1420. The number of fused-ring (bicyclic) bond motifs is 1. The number of benzene rings is 2. The first-order chi connectivity index (χ1) is 18.9. The van der Waals surface area contributed by atoms with Crippen LogP contribution in [0.15, 0.2) is 72.8 Å². The molecule has 5 heteroatoms. The summed E-state index contributed by atoms with van der Waals surface area (Å²) >= 11 is 0. The third-order valence-corrected chi connectivity index (χ3v) is 12.8. The van der Waals surface area contributed by atoms with E-state index in [0.29, 0.717) is 40.5 Å². The second-order valence-electron chi connectivity index (χ2n) is 14.0. The molecule has 6 saturated carbocycles. The van der Waals surface area contributed by atoms with Crippen LogP contribution in [0, 0.1) is 39.9 Å². The summed E-state index contributed by atoms with van der Waals surface area (Å²) < 4.78 is 13.2. The van der Waals surface area contributed by atoms with Gasteiger partial charge >= 0.3 is 11.9 Å². The summed E-state index contributed by atoms with van der Waals surface area (Å²) in [5.41, 5.74) is 2.42. The van der Waals surface area contributed by atoms with Crippen molar-refractivity contribution in [2.75, 3.05) is 6.54 Å². The standard InChI is InChI=1S/C34H35NO4/c1-19-22-16-23-28-33-15-9-14-32(2)18-35(28)24(26(32)33)17-34(23,29(19)39-31(37)21-12-7-4-8-13-21)27(33)25(22)38-30(36)20-10-5-3-6-11-20/h3-8,10-13,22-29H,1,9,14-18H2,2H3/t22-,23-,24+,25+,26-,27+,28?,29-,32+,33+,34-/m1/s1. The van der Waals surface area contributed by atoms with Gasteiger partial charge in [0.2, 0.25) is 0 Å². The molecule has 12 atom stereocenters. The lowest BCUT2D eigenvalue weighted by molar-refractivity contribution is -0.213. The largest absolute Gasteiger partial charge is 0.458 e. The topological polar surface area (TPSA) is 55.8 Å². The normalized spacial score (nSPS) is 48.8. The molecule has 11 rings (SSSR count). The monoisotopic (exact) mass is 521 g/mol. The van der Waals surface area contributed by atoms with Gasteiger partial charge in [0.15, 0.2) is 0 Å². The summed E-state index contributed by atoms with van der Waals surface area (Å²) in [6, 6.07) is 19.8. The molecule has 0 N–H and O–H groups in total. The van der Waals surface area contributed by atoms with E-state index >= 15 is 0 Å². The molecule has 39 heavy (non-hydrogen) atoms. The Morgan fingerprint density at radius 2 is 1.56 bits per heavy atom. The van der Waals surface area contributed by atoms with Crippen molar-refractivity contribution in [2.45, 2.75) is 63.3 Å². The summed E-state index contributed by atoms with van der Waals surface area (Å²) in [7, 11) is 0. The van der Waals surface area contributed by atoms with Crippen molar-refractivity contribution in [1.82, 2.24) is 4.90 Å². The number of nitrogens with zero attached hydrogens (tertiary/aromatic N) is 1. The Labute approximate surface area is 229 Å². The molecule has 200 valence electrons. The zero-order valence-electron chi connectivity index (χ0n) is 22.4. The highest BCUT2D eigenvalue weighted by molar-refractivity contribution is 5.90. The van der Waals surface area contributed by atoms with E-state index in [1.165, 1.54) is 25.8 Å². The predicted octanol–water partition coefficient (Wildman–Crippen LogP) is 5.52. The van der Waals surface area contributed by atoms with E-state index < -0.39 is 0 Å². The molecule has 3 aliphatic heterocycles. The van der Waals surface area contributed by atoms with Crippen LogP contribution in [-0.4, -0.2) is 47.7 Å². The second kappa shape index (κ2) is 7.23. The minimum atomic E-state index is -0.315. The van der Waals surface area contributed by atoms with Gasteiger partial charge in [-0.3, -0.25) is 4.90 Å². The van der Waals surface area contributed by atoms with E-state index in [2.05, 4.69) is 18.4 Å². The first kappa shape index (κ1) is 22.9. The maximum Gasteiger partial charge on any atom is 0.338 e. The Morgan fingerprint density at radius 3 is 2.26 bits per heavy atom. The molecule has 3 saturated heterocycles. The number of carbonyl (C=O) groups excluding carboxylic acids is 2. The van der Waals surface area contributed by atoms with Gasteiger partial charge in [-0.25, -0.2) is 9.59 Å². The fourth-order valence-electron chi connectivity index (χ4n) is 12.3. The lowest BCUT2D eigenvalue weighted by Crippen LogP contribution is -2.69. The SMILES string of the molecule is C=C1[C@H]2C[C@@H]3C4N5C[C@]6(C)CCC[C@@]47[C@@H]6[C@@H]5C[C@]3([C@@H]1OC(=O)c1ccccc1)[C@H]7[C@H]2OC(=O)c1ccccc1. The minimum Gasteiger partial charge on any atom is -0.458 e. The molecule has 9 fully saturated rings. The number of ether oxygens (including phenoxy) is 2. The lowest BCUT2D eigenvalue weighted by atomic mass is 9.39. The molecule has 0 aromatic heterocycles. The third-order valence-electron chi connectivity index (χ3n) is 12.8. The van der Waals surface area contributed by atoms with E-state index in [-0.39, 0.29) is 46.8 Å². The maximum atomic E-state index is 13.6. The van der Waals surface area contributed by atoms with Crippen LogP contribution in [0.3, 0.4) is 0 Å². The Morgan fingerprint density at radius 1 is 0.897 bits per heavy atom. The van der Waals surface area contributed by atoms with Crippen LogP contribution in [0.25, 0.3) is 0 Å². The van der Waals surface area contributed by atoms with Gasteiger partial charge in [0.25, 0.3) is 0 Å². The van der Waals surface area contributed by atoms with Gasteiger partial charge in [0, 0.05) is 35.9 Å². The number of piperidine rings is 2. The molecule has 9 bridgehead atoms. The van der Waals surface area contributed by atoms with Crippen molar-refractivity contribution < 1.29 is 19.1 Å². The second-order valence-corrected chi connectivity index (χ2v) is 14.0. The van der Waals surface area contributed by atoms with Crippen molar-refractivity contribution in [3.05, 3.63) is 83.9 Å². The molecule has 0 amide bonds. The van der Waals surface area contributed by atoms with Gasteiger partial charge in [-0.05, 0) is 78.2 Å². The highest BCUT2D eigenvalue weighted by atomic mass is 16.6. The van der Waals surface area contributed by atoms with Crippen molar-refractivity contribution in [3.63, 3.8) is 0 Å². The summed E-state index contributed by atoms with van der Waals surface area (Å²) in [4.78, 5) is 30.0. The quantitative estimate of drug-likeness (QED) is 0.392. The van der Waals surface area contributed by atoms with E-state index in [1.54, 1.807) is 0 Å². The van der Waals surface area contributed by atoms with Gasteiger partial charge in [-0.1, -0.05) is 56.3 Å². The fraction of sp³-hybridized carbons (Fsp3) is 0.529. The first-order valence-corrected chi connectivity index (χ1v) is 14.9. The van der Waals surface area contributed by atoms with Gasteiger partial charge in [0.05, 0.1) is 11.1 Å². The van der Waals surface area contributed by atoms with Crippen LogP contribution in [0.4, 0.5) is 0 Å². The van der Waals surface area contributed by atoms with Crippen molar-refractivity contribution in [2.24, 2.45) is 39.9 Å². The van der Waals surface area contributed by atoms with Gasteiger partial charge in [-0.2, -0.15) is 0 Å². The molecule has 9 aliphatic rings. The van der Waals surface area contributed by atoms with E-state index in [4.69, 9.17) is 9.47 Å². The van der Waals surface area contributed by atoms with E-state index in [1.807, 2.05) is 60.7 Å². The number of hydrogen-bond acceptors (Lipinski definition) is 5. The van der Waals surface area contributed by atoms with E-state index in [9.17, 15) is 9.59 Å². The summed E-state index contributed by atoms with van der Waals surface area (Å²) in [6.45, 7) is 8.32. The molecule has 2 unspecified atom stereocenters. The molecule has 6 aliphatic carbocycles. The fourth-order valence-corrected chi connectivity index (χ4v) is 12.3. The molecule has 0 radical (unpaired) electrons. The molecular weight excluding hydrogens is 486 g/mol.